The molecular weight excluding hydrogens is 304 g/mol. The first-order valence-corrected chi connectivity index (χ1v) is 7.97. The Balaban J connectivity index is 2.13. The van der Waals surface area contributed by atoms with Crippen LogP contribution >= 0.6 is 0 Å². The lowest BCUT2D eigenvalue weighted by molar-refractivity contribution is -0.917. The maximum absolute atomic E-state index is 12.3. The van der Waals surface area contributed by atoms with E-state index < -0.39 is 0 Å². The van der Waals surface area contributed by atoms with Crippen molar-refractivity contribution in [1.82, 2.24) is 9.78 Å². The summed E-state index contributed by atoms with van der Waals surface area (Å²) in [4.78, 5) is 13.4. The maximum Gasteiger partial charge on any atom is 0.289 e. The average Bonchev–Trinajstić information content (AvgIpc) is 2.55. The molecule has 0 fully saturated rings. The van der Waals surface area contributed by atoms with Gasteiger partial charge in [-0.1, -0.05) is 0 Å². The Bertz CT molecular complexity index is 803. The van der Waals surface area contributed by atoms with E-state index in [9.17, 15) is 10.1 Å². The minimum absolute atomic E-state index is 0.177. The van der Waals surface area contributed by atoms with Gasteiger partial charge in [0.1, 0.15) is 23.9 Å². The van der Waals surface area contributed by atoms with Crippen molar-refractivity contribution in [2.75, 3.05) is 13.7 Å². The summed E-state index contributed by atoms with van der Waals surface area (Å²) < 4.78 is 6.81. The predicted octanol–water partition coefficient (Wildman–Crippen LogP) is 0.803. The molecule has 6 heteroatoms. The Labute approximate surface area is 141 Å². The molecule has 2 aromatic rings. The molecule has 6 nitrogen and oxygen atoms in total. The molecule has 0 bridgehead atoms. The molecule has 1 atom stereocenters. The first-order chi connectivity index (χ1) is 11.5. The third kappa shape index (κ3) is 4.00. The van der Waals surface area contributed by atoms with Gasteiger partial charge in [0, 0.05) is 5.56 Å². The van der Waals surface area contributed by atoms with Gasteiger partial charge in [-0.3, -0.25) is 4.79 Å². The molecule has 0 aliphatic carbocycles. The highest BCUT2D eigenvalue weighted by molar-refractivity contribution is 5.36. The number of rotatable bonds is 6. The largest absolute Gasteiger partial charge is 0.494 e. The Kier molecular flexibility index (Phi) is 5.72. The van der Waals surface area contributed by atoms with Crippen molar-refractivity contribution >= 4 is 0 Å². The van der Waals surface area contributed by atoms with E-state index >= 15 is 0 Å². The van der Waals surface area contributed by atoms with Gasteiger partial charge < -0.3 is 9.64 Å². The van der Waals surface area contributed by atoms with E-state index in [0.29, 0.717) is 24.5 Å². The molecule has 2 rings (SSSR count). The van der Waals surface area contributed by atoms with Gasteiger partial charge in [0.15, 0.2) is 6.67 Å². The summed E-state index contributed by atoms with van der Waals surface area (Å²) in [5.74, 6) is 0.851. The zero-order valence-electron chi connectivity index (χ0n) is 14.6. The van der Waals surface area contributed by atoms with E-state index in [-0.39, 0.29) is 11.1 Å². The lowest BCUT2D eigenvalue weighted by Crippen LogP contribution is -3.07. The van der Waals surface area contributed by atoms with Gasteiger partial charge >= 0.3 is 0 Å². The molecular formula is C18H23N4O2+. The van der Waals surface area contributed by atoms with Crippen LogP contribution in [0.4, 0.5) is 0 Å². The molecule has 0 spiro atoms. The fourth-order valence-corrected chi connectivity index (χ4v) is 2.54. The van der Waals surface area contributed by atoms with Crippen LogP contribution in [-0.4, -0.2) is 23.4 Å². The summed E-state index contributed by atoms with van der Waals surface area (Å²) in [7, 11) is 1.99. The van der Waals surface area contributed by atoms with Crippen LogP contribution in [0.25, 0.3) is 0 Å². The van der Waals surface area contributed by atoms with E-state index in [1.54, 1.807) is 6.92 Å². The average molecular weight is 327 g/mol. The highest BCUT2D eigenvalue weighted by Crippen LogP contribution is 2.11. The molecule has 0 aliphatic rings. The Hall–Kier alpha value is -2.65. The maximum atomic E-state index is 12.3. The number of hydrogen-bond acceptors (Lipinski definition) is 4. The molecule has 1 N–H and O–H groups in total. The second-order valence-electron chi connectivity index (χ2n) is 5.87. The zero-order chi connectivity index (χ0) is 17.7. The smallest absolute Gasteiger partial charge is 0.289 e. The fraction of sp³-hybridized carbons (Fsp3) is 0.389. The normalized spacial score (nSPS) is 11.8. The highest BCUT2D eigenvalue weighted by Gasteiger charge is 2.14. The van der Waals surface area contributed by atoms with Gasteiger partial charge in [0.25, 0.3) is 5.56 Å². The number of quaternary nitrogens is 1. The van der Waals surface area contributed by atoms with Crippen LogP contribution in [0.2, 0.25) is 0 Å². The Morgan fingerprint density at radius 1 is 1.29 bits per heavy atom. The number of aryl methyl sites for hydroxylation is 1. The van der Waals surface area contributed by atoms with Crippen molar-refractivity contribution in [2.24, 2.45) is 0 Å². The number of benzene rings is 1. The number of hydrogen-bond donors (Lipinski definition) is 1. The summed E-state index contributed by atoms with van der Waals surface area (Å²) in [6.07, 6.45) is 0. The second kappa shape index (κ2) is 7.75. The van der Waals surface area contributed by atoms with Crippen LogP contribution in [0.5, 0.6) is 5.75 Å². The summed E-state index contributed by atoms with van der Waals surface area (Å²) in [5.41, 5.74) is 2.36. The van der Waals surface area contributed by atoms with E-state index in [1.807, 2.05) is 51.2 Å². The van der Waals surface area contributed by atoms with Crippen LogP contribution in [0.3, 0.4) is 0 Å². The van der Waals surface area contributed by atoms with Crippen LogP contribution in [0.1, 0.15) is 29.3 Å². The van der Waals surface area contributed by atoms with Crippen molar-refractivity contribution in [3.63, 3.8) is 0 Å². The molecule has 24 heavy (non-hydrogen) atoms. The summed E-state index contributed by atoms with van der Waals surface area (Å²) in [6.45, 7) is 7.32. The van der Waals surface area contributed by atoms with Gasteiger partial charge in [-0.2, -0.15) is 15.0 Å². The molecule has 1 aromatic heterocycles. The monoisotopic (exact) mass is 327 g/mol. The Morgan fingerprint density at radius 3 is 2.54 bits per heavy atom. The molecule has 1 aromatic carbocycles. The Morgan fingerprint density at radius 2 is 1.96 bits per heavy atom. The van der Waals surface area contributed by atoms with Crippen molar-refractivity contribution in [3.05, 3.63) is 57.0 Å². The van der Waals surface area contributed by atoms with Gasteiger partial charge in [-0.25, -0.2) is 0 Å². The number of aromatic nitrogens is 2. The molecule has 0 amide bonds. The zero-order valence-corrected chi connectivity index (χ0v) is 14.6. The van der Waals surface area contributed by atoms with Gasteiger partial charge in [0.2, 0.25) is 0 Å². The van der Waals surface area contributed by atoms with Gasteiger partial charge in [0.05, 0.1) is 19.3 Å². The van der Waals surface area contributed by atoms with Crippen molar-refractivity contribution in [3.8, 4) is 11.8 Å². The molecule has 1 heterocycles. The standard InChI is InChI=1S/C18H22N4O2/c1-5-24-16-8-6-15(7-9-16)11-21(4)12-22-18(23)17(10-19)13(2)14(3)20-22/h6-9H,5,11-12H2,1-4H3/p+1. The van der Waals surface area contributed by atoms with Gasteiger partial charge in [-0.05, 0) is 50.6 Å². The summed E-state index contributed by atoms with van der Waals surface area (Å²) >= 11 is 0. The number of nitrogens with one attached hydrogen (secondary N) is 1. The quantitative estimate of drug-likeness (QED) is 0.852. The minimum Gasteiger partial charge on any atom is -0.494 e. The van der Waals surface area contributed by atoms with Crippen LogP contribution in [0, 0.1) is 25.2 Å². The van der Waals surface area contributed by atoms with E-state index in [2.05, 4.69) is 5.10 Å². The predicted molar refractivity (Wildman–Crippen MR) is 90.9 cm³/mol. The van der Waals surface area contributed by atoms with Crippen LogP contribution in [-0.2, 0) is 13.2 Å². The summed E-state index contributed by atoms with van der Waals surface area (Å²) in [5, 5.41) is 13.5. The second-order valence-corrected chi connectivity index (χ2v) is 5.87. The topological polar surface area (TPSA) is 72.3 Å². The van der Waals surface area contributed by atoms with Crippen LogP contribution < -0.4 is 15.2 Å². The molecule has 0 saturated heterocycles. The molecule has 0 saturated carbocycles. The lowest BCUT2D eigenvalue weighted by atomic mass is 10.1. The molecule has 0 aliphatic heterocycles. The highest BCUT2D eigenvalue weighted by atomic mass is 16.5. The minimum atomic E-state index is -0.327. The third-order valence-electron chi connectivity index (χ3n) is 3.91. The SMILES string of the molecule is CCOc1ccc(C[NH+](C)Cn2nc(C)c(C)c(C#N)c2=O)cc1. The first kappa shape index (κ1) is 17.7. The summed E-state index contributed by atoms with van der Waals surface area (Å²) in [6, 6.07) is 9.92. The number of ether oxygens (including phenoxy) is 1. The fourth-order valence-electron chi connectivity index (χ4n) is 2.54. The van der Waals surface area contributed by atoms with Gasteiger partial charge in [-0.15, -0.1) is 0 Å². The molecule has 126 valence electrons. The molecule has 0 radical (unpaired) electrons. The number of nitrogens with zero attached hydrogens (tertiary/aromatic N) is 3. The van der Waals surface area contributed by atoms with Crippen molar-refractivity contribution in [2.45, 2.75) is 34.0 Å². The van der Waals surface area contributed by atoms with Crippen molar-refractivity contribution < 1.29 is 9.64 Å². The van der Waals surface area contributed by atoms with E-state index in [4.69, 9.17) is 4.74 Å². The number of nitriles is 1. The first-order valence-electron chi connectivity index (χ1n) is 7.97. The molecule has 1 unspecified atom stereocenters. The lowest BCUT2D eigenvalue weighted by Gasteiger charge is -2.16. The van der Waals surface area contributed by atoms with E-state index in [0.717, 1.165) is 22.8 Å². The third-order valence-corrected chi connectivity index (χ3v) is 3.91. The van der Waals surface area contributed by atoms with E-state index in [1.165, 1.54) is 4.68 Å². The van der Waals surface area contributed by atoms with Crippen molar-refractivity contribution in [1.29, 1.82) is 5.26 Å². The van der Waals surface area contributed by atoms with Crippen LogP contribution in [0.15, 0.2) is 29.1 Å².